The summed E-state index contributed by atoms with van der Waals surface area (Å²) >= 11 is 5.63. The fourth-order valence-electron chi connectivity index (χ4n) is 2.26. The average Bonchev–Trinajstić information content (AvgIpc) is 3.04. The Morgan fingerprint density at radius 3 is 2.52 bits per heavy atom. The molecule has 0 aliphatic rings. The largest absolute Gasteiger partial charge is 0.386 e. The maximum atomic E-state index is 5.64. The van der Waals surface area contributed by atoms with Crippen molar-refractivity contribution >= 4 is 23.1 Å². The molecule has 0 saturated heterocycles. The van der Waals surface area contributed by atoms with Gasteiger partial charge in [0.25, 0.3) is 0 Å². The van der Waals surface area contributed by atoms with Gasteiger partial charge in [-0.25, -0.2) is 4.99 Å². The topological polar surface area (TPSA) is 69.1 Å². The van der Waals surface area contributed by atoms with Crippen LogP contribution in [0.3, 0.4) is 0 Å². The van der Waals surface area contributed by atoms with E-state index in [1.54, 1.807) is 6.33 Å². The monoisotopic (exact) mass is 325 g/mol. The minimum Gasteiger partial charge on any atom is -0.386 e. The fourth-order valence-corrected chi connectivity index (χ4v) is 2.31. The maximum Gasteiger partial charge on any atom is 0.164 e. The van der Waals surface area contributed by atoms with Gasteiger partial charge in [-0.1, -0.05) is 30.3 Å². The van der Waals surface area contributed by atoms with Crippen molar-refractivity contribution in [3.8, 4) is 11.4 Å². The summed E-state index contributed by atoms with van der Waals surface area (Å²) in [6.45, 7) is 0.724. The summed E-state index contributed by atoms with van der Waals surface area (Å²) in [4.78, 5) is 4.21. The zero-order valence-corrected chi connectivity index (χ0v) is 13.2. The van der Waals surface area contributed by atoms with Crippen LogP contribution in [-0.4, -0.2) is 26.5 Å². The summed E-state index contributed by atoms with van der Waals surface area (Å²) in [7, 11) is 0. The Hall–Kier alpha value is -2.66. The van der Waals surface area contributed by atoms with Crippen LogP contribution in [0.1, 0.15) is 5.56 Å². The van der Waals surface area contributed by atoms with Crippen molar-refractivity contribution in [3.05, 3.63) is 66.5 Å². The van der Waals surface area contributed by atoms with Crippen molar-refractivity contribution in [2.75, 3.05) is 5.88 Å². The number of rotatable bonds is 5. The van der Waals surface area contributed by atoms with E-state index in [1.807, 2.05) is 47.0 Å². The Labute approximate surface area is 139 Å². The second-order valence-electron chi connectivity index (χ2n) is 5.05. The van der Waals surface area contributed by atoms with Crippen molar-refractivity contribution in [2.24, 2.45) is 10.7 Å². The van der Waals surface area contributed by atoms with E-state index in [0.29, 0.717) is 5.84 Å². The van der Waals surface area contributed by atoms with E-state index in [2.05, 4.69) is 27.3 Å². The van der Waals surface area contributed by atoms with Gasteiger partial charge in [0.2, 0.25) is 0 Å². The molecule has 6 heteroatoms. The van der Waals surface area contributed by atoms with Gasteiger partial charge in [-0.3, -0.25) is 0 Å². The smallest absolute Gasteiger partial charge is 0.164 e. The number of benzene rings is 2. The number of nitrogens with zero attached hydrogens (tertiary/aromatic N) is 4. The van der Waals surface area contributed by atoms with E-state index in [4.69, 9.17) is 17.3 Å². The number of nitrogens with two attached hydrogens (primary N) is 1. The molecule has 0 spiro atoms. The van der Waals surface area contributed by atoms with E-state index < -0.39 is 0 Å². The van der Waals surface area contributed by atoms with Crippen LogP contribution in [0.5, 0.6) is 0 Å². The number of aliphatic imine (C=N–C) groups is 1. The summed E-state index contributed by atoms with van der Waals surface area (Å²) < 4.78 is 2.01. The summed E-state index contributed by atoms with van der Waals surface area (Å²) in [5.74, 6) is 1.43. The minimum absolute atomic E-state index is 0.215. The molecule has 2 aromatic carbocycles. The molecule has 23 heavy (non-hydrogen) atoms. The third kappa shape index (κ3) is 3.76. The number of halogens is 1. The molecule has 116 valence electrons. The summed E-state index contributed by atoms with van der Waals surface area (Å²) in [5, 5.41) is 8.25. The van der Waals surface area contributed by atoms with Gasteiger partial charge in [0.15, 0.2) is 5.82 Å². The van der Waals surface area contributed by atoms with Crippen molar-refractivity contribution in [3.63, 3.8) is 0 Å². The Morgan fingerprint density at radius 2 is 1.83 bits per heavy atom. The third-order valence-electron chi connectivity index (χ3n) is 3.35. The zero-order valence-electron chi connectivity index (χ0n) is 12.4. The lowest BCUT2D eigenvalue weighted by Crippen LogP contribution is -2.12. The fraction of sp³-hybridized carbons (Fsp3) is 0.118. The molecule has 0 aliphatic heterocycles. The van der Waals surface area contributed by atoms with Gasteiger partial charge in [0, 0.05) is 5.56 Å². The third-order valence-corrected chi connectivity index (χ3v) is 3.62. The van der Waals surface area contributed by atoms with E-state index >= 15 is 0 Å². The number of amidine groups is 1. The van der Waals surface area contributed by atoms with Crippen LogP contribution in [0.15, 0.2) is 65.9 Å². The van der Waals surface area contributed by atoms with Crippen molar-refractivity contribution in [1.82, 2.24) is 14.8 Å². The lowest BCUT2D eigenvalue weighted by atomic mass is 10.2. The molecule has 0 bridgehead atoms. The van der Waals surface area contributed by atoms with Crippen molar-refractivity contribution in [1.29, 1.82) is 0 Å². The van der Waals surface area contributed by atoms with Crippen molar-refractivity contribution in [2.45, 2.75) is 6.54 Å². The van der Waals surface area contributed by atoms with Crippen LogP contribution in [0, 0.1) is 0 Å². The van der Waals surface area contributed by atoms with Crippen LogP contribution < -0.4 is 5.73 Å². The highest BCUT2D eigenvalue weighted by molar-refractivity contribution is 6.28. The first-order valence-corrected chi connectivity index (χ1v) is 7.71. The Morgan fingerprint density at radius 1 is 1.09 bits per heavy atom. The molecule has 0 fully saturated rings. The molecule has 2 N–H and O–H groups in total. The van der Waals surface area contributed by atoms with Crippen LogP contribution in [0.2, 0.25) is 0 Å². The van der Waals surface area contributed by atoms with E-state index in [9.17, 15) is 0 Å². The maximum absolute atomic E-state index is 5.64. The van der Waals surface area contributed by atoms with Crippen LogP contribution in [0.25, 0.3) is 11.4 Å². The first kappa shape index (κ1) is 15.2. The first-order chi connectivity index (χ1) is 11.3. The van der Waals surface area contributed by atoms with E-state index in [0.717, 1.165) is 23.6 Å². The highest BCUT2D eigenvalue weighted by atomic mass is 35.5. The normalized spacial score (nSPS) is 11.6. The lowest BCUT2D eigenvalue weighted by Gasteiger charge is -2.07. The SMILES string of the molecule is NC(CCl)=Nc1ccc(-c2nncn2Cc2ccccc2)cc1. The van der Waals surface area contributed by atoms with Crippen LogP contribution in [-0.2, 0) is 6.54 Å². The van der Waals surface area contributed by atoms with Gasteiger partial charge >= 0.3 is 0 Å². The molecule has 3 rings (SSSR count). The molecule has 0 aliphatic carbocycles. The zero-order chi connectivity index (χ0) is 16.1. The van der Waals surface area contributed by atoms with Gasteiger partial charge in [0.1, 0.15) is 12.2 Å². The molecule has 5 nitrogen and oxygen atoms in total. The van der Waals surface area contributed by atoms with Gasteiger partial charge in [-0.15, -0.1) is 21.8 Å². The van der Waals surface area contributed by atoms with Crippen LogP contribution in [0.4, 0.5) is 5.69 Å². The summed E-state index contributed by atoms with van der Waals surface area (Å²) in [5.41, 5.74) is 8.58. The Kier molecular flexibility index (Phi) is 4.68. The van der Waals surface area contributed by atoms with Gasteiger partial charge in [-0.05, 0) is 29.8 Å². The molecule has 0 unspecified atom stereocenters. The highest BCUT2D eigenvalue weighted by Crippen LogP contribution is 2.21. The highest BCUT2D eigenvalue weighted by Gasteiger charge is 2.07. The molecule has 0 amide bonds. The molecule has 0 radical (unpaired) electrons. The van der Waals surface area contributed by atoms with E-state index in [-0.39, 0.29) is 5.88 Å². The van der Waals surface area contributed by atoms with Crippen LogP contribution >= 0.6 is 11.6 Å². The average molecular weight is 326 g/mol. The number of alkyl halides is 1. The molecule has 1 heterocycles. The number of hydrogen-bond donors (Lipinski definition) is 1. The molecule has 1 aromatic heterocycles. The molecular formula is C17H16ClN5. The minimum atomic E-state index is 0.215. The second-order valence-corrected chi connectivity index (χ2v) is 5.32. The predicted octanol–water partition coefficient (Wildman–Crippen LogP) is 3.22. The summed E-state index contributed by atoms with van der Waals surface area (Å²) in [6.07, 6.45) is 1.74. The van der Waals surface area contributed by atoms with Crippen molar-refractivity contribution < 1.29 is 0 Å². The molecule has 3 aromatic rings. The lowest BCUT2D eigenvalue weighted by molar-refractivity contribution is 0.803. The molecule has 0 saturated carbocycles. The Bertz CT molecular complexity index is 793. The first-order valence-electron chi connectivity index (χ1n) is 7.17. The quantitative estimate of drug-likeness (QED) is 0.445. The van der Waals surface area contributed by atoms with Gasteiger partial charge in [0.05, 0.1) is 18.1 Å². The number of aromatic nitrogens is 3. The second kappa shape index (κ2) is 7.07. The summed E-state index contributed by atoms with van der Waals surface area (Å²) in [6, 6.07) is 17.9. The van der Waals surface area contributed by atoms with Gasteiger partial charge < -0.3 is 10.3 Å². The predicted molar refractivity (Wildman–Crippen MR) is 93.0 cm³/mol. The Balaban J connectivity index is 1.84. The number of hydrogen-bond acceptors (Lipinski definition) is 3. The molecular weight excluding hydrogens is 310 g/mol. The molecule has 0 atom stereocenters. The standard InChI is InChI=1S/C17H16ClN5/c18-10-16(19)21-15-8-6-14(7-9-15)17-22-20-12-23(17)11-13-4-2-1-3-5-13/h1-9,12H,10-11H2,(H2,19,21). The van der Waals surface area contributed by atoms with Gasteiger partial charge in [-0.2, -0.15) is 0 Å². The van der Waals surface area contributed by atoms with E-state index in [1.165, 1.54) is 5.56 Å².